The SMILES string of the molecule is Cc1nn(C)cc1C(=O)Nc1ccccc1-c1ccc(SC(F)(F)F)cc1.F. The van der Waals surface area contributed by atoms with Crippen LogP contribution in [0.25, 0.3) is 11.1 Å². The molecule has 0 saturated carbocycles. The average Bonchev–Trinajstić information content (AvgIpc) is 2.93. The third-order valence-electron chi connectivity index (χ3n) is 3.83. The fourth-order valence-corrected chi connectivity index (χ4v) is 3.23. The van der Waals surface area contributed by atoms with Crippen molar-refractivity contribution in [2.75, 3.05) is 5.32 Å². The molecule has 1 N–H and O–H groups in total. The molecule has 0 atom stereocenters. The highest BCUT2D eigenvalue weighted by atomic mass is 32.2. The lowest BCUT2D eigenvalue weighted by Gasteiger charge is -2.12. The Bertz CT molecular complexity index is 968. The van der Waals surface area contributed by atoms with E-state index >= 15 is 0 Å². The van der Waals surface area contributed by atoms with Crippen LogP contribution in [-0.2, 0) is 7.05 Å². The molecular formula is C19H17F4N3OS. The highest BCUT2D eigenvalue weighted by Gasteiger charge is 2.29. The molecule has 0 saturated heterocycles. The number of thioether (sulfide) groups is 1. The van der Waals surface area contributed by atoms with Crippen LogP contribution in [0.5, 0.6) is 0 Å². The Kier molecular flexibility index (Phi) is 6.50. The number of hydrogen-bond acceptors (Lipinski definition) is 3. The molecule has 0 aliphatic heterocycles. The van der Waals surface area contributed by atoms with Crippen LogP contribution in [0.3, 0.4) is 0 Å². The van der Waals surface area contributed by atoms with Gasteiger partial charge >= 0.3 is 5.51 Å². The van der Waals surface area contributed by atoms with E-state index in [1.54, 1.807) is 61.2 Å². The minimum atomic E-state index is -4.32. The van der Waals surface area contributed by atoms with Gasteiger partial charge in [0, 0.05) is 29.4 Å². The number of nitrogens with zero attached hydrogens (tertiary/aromatic N) is 2. The molecule has 1 aromatic heterocycles. The first kappa shape index (κ1) is 21.5. The Morgan fingerprint density at radius 2 is 1.75 bits per heavy atom. The molecule has 0 fully saturated rings. The molecule has 28 heavy (non-hydrogen) atoms. The van der Waals surface area contributed by atoms with E-state index in [1.807, 2.05) is 0 Å². The quantitative estimate of drug-likeness (QED) is 0.461. The summed E-state index contributed by atoms with van der Waals surface area (Å²) in [7, 11) is 1.73. The van der Waals surface area contributed by atoms with Crippen LogP contribution in [0.15, 0.2) is 59.6 Å². The summed E-state index contributed by atoms with van der Waals surface area (Å²) < 4.78 is 39.0. The molecule has 1 amide bonds. The molecule has 0 unspecified atom stereocenters. The molecule has 0 aliphatic rings. The number of carbonyl (C=O) groups is 1. The summed E-state index contributed by atoms with van der Waals surface area (Å²) >= 11 is -0.158. The Morgan fingerprint density at radius 1 is 1.11 bits per heavy atom. The molecule has 3 aromatic rings. The van der Waals surface area contributed by atoms with Gasteiger partial charge in [-0.15, -0.1) is 0 Å². The number of para-hydroxylation sites is 1. The van der Waals surface area contributed by atoms with Crippen molar-refractivity contribution in [3.63, 3.8) is 0 Å². The second-order valence-electron chi connectivity index (χ2n) is 5.87. The largest absolute Gasteiger partial charge is 0.446 e. The zero-order chi connectivity index (χ0) is 19.6. The van der Waals surface area contributed by atoms with E-state index in [0.717, 1.165) is 5.56 Å². The highest BCUT2D eigenvalue weighted by molar-refractivity contribution is 8.00. The number of halogens is 4. The Hall–Kier alpha value is -2.81. The number of anilines is 1. The lowest BCUT2D eigenvalue weighted by atomic mass is 10.0. The number of rotatable bonds is 4. The van der Waals surface area contributed by atoms with Gasteiger partial charge in [0.15, 0.2) is 0 Å². The summed E-state index contributed by atoms with van der Waals surface area (Å²) in [5.41, 5.74) is -1.25. The van der Waals surface area contributed by atoms with Gasteiger partial charge in [-0.3, -0.25) is 14.2 Å². The molecule has 0 bridgehead atoms. The smallest absolute Gasteiger partial charge is 0.321 e. The summed E-state index contributed by atoms with van der Waals surface area (Å²) in [4.78, 5) is 12.7. The van der Waals surface area contributed by atoms with Crippen molar-refractivity contribution >= 4 is 23.4 Å². The van der Waals surface area contributed by atoms with Crippen LogP contribution in [0.1, 0.15) is 16.1 Å². The van der Waals surface area contributed by atoms with Crippen molar-refractivity contribution in [2.24, 2.45) is 7.05 Å². The van der Waals surface area contributed by atoms with Crippen LogP contribution in [-0.4, -0.2) is 21.2 Å². The fraction of sp³-hybridized carbons (Fsp3) is 0.158. The first-order valence-corrected chi connectivity index (χ1v) is 8.81. The summed E-state index contributed by atoms with van der Waals surface area (Å²) in [6.07, 6.45) is 1.64. The normalized spacial score (nSPS) is 11.0. The third kappa shape index (κ3) is 5.13. The third-order valence-corrected chi connectivity index (χ3v) is 4.57. The first-order valence-electron chi connectivity index (χ1n) is 8.00. The number of aryl methyl sites for hydroxylation is 2. The zero-order valence-corrected chi connectivity index (χ0v) is 15.8. The van der Waals surface area contributed by atoms with Crippen LogP contribution < -0.4 is 5.32 Å². The van der Waals surface area contributed by atoms with Crippen molar-refractivity contribution in [1.82, 2.24) is 9.78 Å². The number of hydrogen-bond donors (Lipinski definition) is 1. The first-order chi connectivity index (χ1) is 12.7. The van der Waals surface area contributed by atoms with Gasteiger partial charge < -0.3 is 5.32 Å². The van der Waals surface area contributed by atoms with Crippen molar-refractivity contribution in [2.45, 2.75) is 17.3 Å². The lowest BCUT2D eigenvalue weighted by molar-refractivity contribution is -0.0328. The predicted octanol–water partition coefficient (Wildman–Crippen LogP) is 5.41. The van der Waals surface area contributed by atoms with Crippen LogP contribution in [0.4, 0.5) is 23.6 Å². The second-order valence-corrected chi connectivity index (χ2v) is 7.01. The lowest BCUT2D eigenvalue weighted by Crippen LogP contribution is -2.13. The van der Waals surface area contributed by atoms with E-state index in [1.165, 1.54) is 12.1 Å². The maximum absolute atomic E-state index is 12.5. The van der Waals surface area contributed by atoms with Gasteiger partial charge in [0.2, 0.25) is 0 Å². The van der Waals surface area contributed by atoms with Gasteiger partial charge in [0.1, 0.15) is 0 Å². The van der Waals surface area contributed by atoms with Crippen molar-refractivity contribution < 1.29 is 22.7 Å². The van der Waals surface area contributed by atoms with Gasteiger partial charge in [-0.1, -0.05) is 30.3 Å². The highest BCUT2D eigenvalue weighted by Crippen LogP contribution is 2.38. The minimum absolute atomic E-state index is 0. The Morgan fingerprint density at radius 3 is 2.32 bits per heavy atom. The Labute approximate surface area is 163 Å². The van der Waals surface area contributed by atoms with Crippen LogP contribution >= 0.6 is 11.8 Å². The zero-order valence-electron chi connectivity index (χ0n) is 14.9. The standard InChI is InChI=1S/C19H16F3N3OS.FH/c1-12-16(11-25(2)24-12)18(26)23-17-6-4-3-5-15(17)13-7-9-14(10-8-13)27-19(20,21)22;/h3-11H,1-2H3,(H,23,26);1H. The second kappa shape index (κ2) is 8.47. The molecule has 3 rings (SSSR count). The topological polar surface area (TPSA) is 46.9 Å². The number of amides is 1. The maximum Gasteiger partial charge on any atom is 0.446 e. The predicted molar refractivity (Wildman–Crippen MR) is 102 cm³/mol. The number of aromatic nitrogens is 2. The van der Waals surface area contributed by atoms with Crippen molar-refractivity contribution in [3.8, 4) is 11.1 Å². The van der Waals surface area contributed by atoms with E-state index in [9.17, 15) is 18.0 Å². The number of carbonyl (C=O) groups excluding carboxylic acids is 1. The van der Waals surface area contributed by atoms with Gasteiger partial charge in [-0.2, -0.15) is 18.3 Å². The molecule has 0 aliphatic carbocycles. The van der Waals surface area contributed by atoms with Gasteiger partial charge in [0.25, 0.3) is 5.91 Å². The number of alkyl halides is 3. The maximum atomic E-state index is 12.5. The monoisotopic (exact) mass is 411 g/mol. The van der Waals surface area contributed by atoms with Gasteiger partial charge in [-0.25, -0.2) is 0 Å². The van der Waals surface area contributed by atoms with Crippen LogP contribution in [0, 0.1) is 6.92 Å². The van der Waals surface area contributed by atoms with E-state index in [2.05, 4.69) is 10.4 Å². The number of benzene rings is 2. The molecule has 148 valence electrons. The van der Waals surface area contributed by atoms with Gasteiger partial charge in [0.05, 0.1) is 11.3 Å². The van der Waals surface area contributed by atoms with E-state index in [0.29, 0.717) is 22.5 Å². The van der Waals surface area contributed by atoms with Crippen molar-refractivity contribution in [1.29, 1.82) is 0 Å². The number of nitrogens with one attached hydrogen (secondary N) is 1. The van der Waals surface area contributed by atoms with Gasteiger partial charge in [-0.05, 0) is 42.4 Å². The Balaban J connectivity index is 0.00000280. The van der Waals surface area contributed by atoms with E-state index < -0.39 is 5.51 Å². The molecule has 4 nitrogen and oxygen atoms in total. The minimum Gasteiger partial charge on any atom is -0.321 e. The summed E-state index contributed by atoms with van der Waals surface area (Å²) in [5, 5.41) is 7.01. The summed E-state index contributed by atoms with van der Waals surface area (Å²) in [6.45, 7) is 1.75. The van der Waals surface area contributed by atoms with E-state index in [4.69, 9.17) is 0 Å². The summed E-state index contributed by atoms with van der Waals surface area (Å²) in [5.74, 6) is -0.294. The summed E-state index contributed by atoms with van der Waals surface area (Å²) in [6, 6.07) is 13.2. The average molecular weight is 411 g/mol. The van der Waals surface area contributed by atoms with Crippen molar-refractivity contribution in [3.05, 3.63) is 66.0 Å². The molecule has 1 heterocycles. The molecule has 2 aromatic carbocycles. The van der Waals surface area contributed by atoms with Crippen LogP contribution in [0.2, 0.25) is 0 Å². The molecule has 0 spiro atoms. The van der Waals surface area contributed by atoms with E-state index in [-0.39, 0.29) is 27.3 Å². The fourth-order valence-electron chi connectivity index (χ4n) is 2.69. The molecular weight excluding hydrogens is 394 g/mol. The molecule has 9 heteroatoms. The molecule has 0 radical (unpaired) electrons.